The zero-order valence-electron chi connectivity index (χ0n) is 15.7. The van der Waals surface area contributed by atoms with Crippen LogP contribution in [0.2, 0.25) is 0 Å². The lowest BCUT2D eigenvalue weighted by molar-refractivity contribution is 0.104. The van der Waals surface area contributed by atoms with Gasteiger partial charge in [0, 0.05) is 11.1 Å². The van der Waals surface area contributed by atoms with E-state index < -0.39 is 0 Å². The fraction of sp³-hybridized carbons (Fsp3) is 0.250. The number of hydrogen-bond acceptors (Lipinski definition) is 6. The molecule has 27 heavy (non-hydrogen) atoms. The van der Waals surface area contributed by atoms with Crippen LogP contribution in [0.25, 0.3) is 6.08 Å². The Bertz CT molecular complexity index is 864. The third-order valence-corrected chi connectivity index (χ3v) is 4.09. The van der Waals surface area contributed by atoms with E-state index in [0.29, 0.717) is 46.4 Å². The fourth-order valence-corrected chi connectivity index (χ4v) is 2.78. The van der Waals surface area contributed by atoms with Gasteiger partial charge in [-0.15, -0.1) is 0 Å². The van der Waals surface area contributed by atoms with Crippen molar-refractivity contribution in [3.05, 3.63) is 46.5 Å². The number of benzene rings is 2. The molecule has 0 saturated carbocycles. The Morgan fingerprint density at radius 2 is 1.70 bits per heavy atom. The molecular weight excluding hydrogens is 370 g/mol. The number of anilines is 1. The molecule has 0 amide bonds. The number of methoxy groups -OCH3 is 3. The van der Waals surface area contributed by atoms with Crippen LogP contribution in [0.5, 0.6) is 23.0 Å². The lowest BCUT2D eigenvalue weighted by Gasteiger charge is -2.14. The van der Waals surface area contributed by atoms with Gasteiger partial charge in [-0.1, -0.05) is 11.6 Å². The van der Waals surface area contributed by atoms with Gasteiger partial charge >= 0.3 is 0 Å². The monoisotopic (exact) mass is 391 g/mol. The van der Waals surface area contributed by atoms with Crippen LogP contribution in [-0.2, 0) is 0 Å². The molecule has 0 fully saturated rings. The van der Waals surface area contributed by atoms with E-state index in [2.05, 4.69) is 0 Å². The zero-order chi connectivity index (χ0) is 20.0. The first-order valence-corrected chi connectivity index (χ1v) is 8.57. The molecule has 0 unspecified atom stereocenters. The number of nitrogen functional groups attached to an aromatic ring is 1. The van der Waals surface area contributed by atoms with Gasteiger partial charge in [-0.25, -0.2) is 0 Å². The third kappa shape index (κ3) is 4.46. The molecule has 0 aliphatic rings. The molecule has 7 heteroatoms. The quantitative estimate of drug-likeness (QED) is 0.413. The normalized spacial score (nSPS) is 11.1. The van der Waals surface area contributed by atoms with Gasteiger partial charge in [0.05, 0.1) is 38.7 Å². The minimum absolute atomic E-state index is 0.00378. The van der Waals surface area contributed by atoms with E-state index in [9.17, 15) is 4.79 Å². The van der Waals surface area contributed by atoms with Gasteiger partial charge in [0.2, 0.25) is 11.5 Å². The number of hydrogen-bond donors (Lipinski definition) is 1. The first kappa shape index (κ1) is 20.5. The van der Waals surface area contributed by atoms with Crippen LogP contribution in [0, 0.1) is 0 Å². The standard InChI is InChI=1S/C20H22ClNO5/c1-5-27-16-8-6-12(11-15(16)22)18(23)14(21)10-13-7-9-17(24-2)20(26-4)19(13)25-3/h6-11H,5,22H2,1-4H3. The van der Waals surface area contributed by atoms with E-state index >= 15 is 0 Å². The molecule has 0 heterocycles. The van der Waals surface area contributed by atoms with Gasteiger partial charge < -0.3 is 24.7 Å². The van der Waals surface area contributed by atoms with Crippen molar-refractivity contribution in [2.45, 2.75) is 6.92 Å². The van der Waals surface area contributed by atoms with E-state index in [0.717, 1.165) is 0 Å². The summed E-state index contributed by atoms with van der Waals surface area (Å²) >= 11 is 6.26. The highest BCUT2D eigenvalue weighted by molar-refractivity contribution is 6.47. The van der Waals surface area contributed by atoms with Crippen molar-refractivity contribution in [3.63, 3.8) is 0 Å². The summed E-state index contributed by atoms with van der Waals surface area (Å²) < 4.78 is 21.4. The Morgan fingerprint density at radius 3 is 2.26 bits per heavy atom. The summed E-state index contributed by atoms with van der Waals surface area (Å²) in [6.45, 7) is 2.34. The smallest absolute Gasteiger partial charge is 0.204 e. The van der Waals surface area contributed by atoms with Gasteiger partial charge in [-0.3, -0.25) is 4.79 Å². The van der Waals surface area contributed by atoms with Crippen LogP contribution in [0.4, 0.5) is 5.69 Å². The number of Topliss-reactive ketones (excluding diaryl/α,β-unsaturated/α-hetero) is 1. The second-order valence-corrected chi connectivity index (χ2v) is 5.84. The molecule has 0 aromatic heterocycles. The summed E-state index contributed by atoms with van der Waals surface area (Å²) in [6, 6.07) is 8.23. The SMILES string of the molecule is CCOc1ccc(C(=O)C(Cl)=Cc2ccc(OC)c(OC)c2OC)cc1N. The highest BCUT2D eigenvalue weighted by atomic mass is 35.5. The number of ketones is 1. The summed E-state index contributed by atoms with van der Waals surface area (Å²) in [4.78, 5) is 12.7. The highest BCUT2D eigenvalue weighted by Gasteiger charge is 2.17. The molecule has 2 rings (SSSR count). The molecule has 2 N–H and O–H groups in total. The number of halogens is 1. The fourth-order valence-electron chi connectivity index (χ4n) is 2.55. The highest BCUT2D eigenvalue weighted by Crippen LogP contribution is 2.41. The zero-order valence-corrected chi connectivity index (χ0v) is 16.4. The van der Waals surface area contributed by atoms with Gasteiger partial charge in [0.25, 0.3) is 0 Å². The summed E-state index contributed by atoms with van der Waals surface area (Å²) in [5.74, 6) is 1.48. The number of allylic oxidation sites excluding steroid dienone is 1. The molecule has 0 bridgehead atoms. The van der Waals surface area contributed by atoms with E-state index in [1.807, 2.05) is 6.92 Å². The molecule has 144 valence electrons. The first-order chi connectivity index (χ1) is 13.0. The maximum atomic E-state index is 12.7. The third-order valence-electron chi connectivity index (χ3n) is 3.81. The molecule has 6 nitrogen and oxygen atoms in total. The molecule has 2 aromatic carbocycles. The number of carbonyl (C=O) groups is 1. The van der Waals surface area contributed by atoms with Crippen molar-refractivity contribution in [1.82, 2.24) is 0 Å². The van der Waals surface area contributed by atoms with Gasteiger partial charge in [-0.05, 0) is 43.3 Å². The average Bonchev–Trinajstić information content (AvgIpc) is 2.68. The van der Waals surface area contributed by atoms with Crippen LogP contribution >= 0.6 is 11.6 Å². The van der Waals surface area contributed by atoms with Crippen LogP contribution in [0.3, 0.4) is 0 Å². The van der Waals surface area contributed by atoms with Gasteiger partial charge in [0.15, 0.2) is 11.5 Å². The predicted molar refractivity (Wildman–Crippen MR) is 106 cm³/mol. The number of nitrogens with two attached hydrogens (primary N) is 1. The van der Waals surface area contributed by atoms with E-state index in [-0.39, 0.29) is 10.8 Å². The molecule has 0 saturated heterocycles. The summed E-state index contributed by atoms with van der Waals surface area (Å²) in [5, 5.41) is 0.00378. The molecule has 0 spiro atoms. The van der Waals surface area contributed by atoms with Gasteiger partial charge in [0.1, 0.15) is 5.75 Å². The minimum atomic E-state index is -0.372. The second kappa shape index (κ2) is 9.19. The van der Waals surface area contributed by atoms with Gasteiger partial charge in [-0.2, -0.15) is 0 Å². The molecule has 0 aliphatic carbocycles. The van der Waals surface area contributed by atoms with E-state index in [1.165, 1.54) is 33.5 Å². The summed E-state index contributed by atoms with van der Waals surface area (Å²) in [5.41, 5.74) is 7.23. The topological polar surface area (TPSA) is 80.0 Å². The Balaban J connectivity index is 2.39. The first-order valence-electron chi connectivity index (χ1n) is 8.19. The summed E-state index contributed by atoms with van der Waals surface area (Å²) in [6.07, 6.45) is 1.51. The molecule has 0 aliphatic heterocycles. The number of ether oxygens (including phenoxy) is 4. The Morgan fingerprint density at radius 1 is 1.04 bits per heavy atom. The van der Waals surface area contributed by atoms with Crippen LogP contribution in [0.15, 0.2) is 35.4 Å². The van der Waals surface area contributed by atoms with Crippen LogP contribution in [0.1, 0.15) is 22.8 Å². The maximum absolute atomic E-state index is 12.7. The molecule has 0 radical (unpaired) electrons. The lowest BCUT2D eigenvalue weighted by atomic mass is 10.1. The average molecular weight is 392 g/mol. The van der Waals surface area contributed by atoms with E-state index in [1.54, 1.807) is 24.3 Å². The van der Waals surface area contributed by atoms with Crippen molar-refractivity contribution >= 4 is 29.1 Å². The summed E-state index contributed by atoms with van der Waals surface area (Å²) in [7, 11) is 4.53. The van der Waals surface area contributed by atoms with Crippen molar-refractivity contribution in [1.29, 1.82) is 0 Å². The molecule has 2 aromatic rings. The minimum Gasteiger partial charge on any atom is -0.493 e. The second-order valence-electron chi connectivity index (χ2n) is 5.43. The van der Waals surface area contributed by atoms with Crippen molar-refractivity contribution < 1.29 is 23.7 Å². The maximum Gasteiger partial charge on any atom is 0.204 e. The number of rotatable bonds is 8. The molecule has 0 atom stereocenters. The van der Waals surface area contributed by atoms with Crippen LogP contribution < -0.4 is 24.7 Å². The largest absolute Gasteiger partial charge is 0.493 e. The predicted octanol–water partition coefficient (Wildman–Crippen LogP) is 4.16. The van der Waals surface area contributed by atoms with Crippen molar-refractivity contribution in [2.75, 3.05) is 33.7 Å². The molecular formula is C20H22ClNO5. The van der Waals surface area contributed by atoms with Crippen molar-refractivity contribution in [2.24, 2.45) is 0 Å². The Hall–Kier alpha value is -2.86. The van der Waals surface area contributed by atoms with Crippen molar-refractivity contribution in [3.8, 4) is 23.0 Å². The van der Waals surface area contributed by atoms with Crippen LogP contribution in [-0.4, -0.2) is 33.7 Å². The number of carbonyl (C=O) groups excluding carboxylic acids is 1. The Kier molecular flexibility index (Phi) is 6.96. The Labute approximate surface area is 163 Å². The van der Waals surface area contributed by atoms with E-state index in [4.69, 9.17) is 36.3 Å². The lowest BCUT2D eigenvalue weighted by Crippen LogP contribution is -2.03.